The molecule has 0 aromatic rings. The van der Waals surface area contributed by atoms with Crippen LogP contribution in [-0.4, -0.2) is 62.1 Å². The fraction of sp³-hybridized carbons (Fsp3) is 0.750. The van der Waals surface area contributed by atoms with Gasteiger partial charge in [0.2, 0.25) is 0 Å². The Morgan fingerprint density at radius 3 is 2.94 bits per heavy atom. The minimum Gasteiger partial charge on any atom is -0.361 e. The minimum absolute atomic E-state index is 0.136. The Hall–Kier alpha value is -1.07. The van der Waals surface area contributed by atoms with Gasteiger partial charge in [0.15, 0.2) is 6.29 Å². The molecule has 0 spiro atoms. The van der Waals surface area contributed by atoms with E-state index in [4.69, 9.17) is 0 Å². The Kier molecular flexibility index (Phi) is 3.03. The Balaban J connectivity index is 1.71. The van der Waals surface area contributed by atoms with Crippen LogP contribution >= 0.6 is 0 Å². The van der Waals surface area contributed by atoms with Crippen molar-refractivity contribution < 1.29 is 0 Å². The summed E-state index contributed by atoms with van der Waals surface area (Å²) in [6, 6.07) is 0. The summed E-state index contributed by atoms with van der Waals surface area (Å²) in [5.74, 6) is 1.29. The Bertz CT molecular complexity index is 343. The summed E-state index contributed by atoms with van der Waals surface area (Å²) in [5.41, 5.74) is 1.37. The van der Waals surface area contributed by atoms with E-state index < -0.39 is 0 Å². The van der Waals surface area contributed by atoms with Crippen LogP contribution in [0.25, 0.3) is 0 Å². The average molecular weight is 235 g/mol. The van der Waals surface area contributed by atoms with Gasteiger partial charge in [-0.15, -0.1) is 0 Å². The second-order valence-corrected chi connectivity index (χ2v) is 4.98. The molecular formula is C12H21N5. The van der Waals surface area contributed by atoms with Crippen LogP contribution in [0.5, 0.6) is 0 Å². The highest BCUT2D eigenvalue weighted by molar-refractivity contribution is 5.80. The molecule has 1 saturated heterocycles. The molecule has 3 aliphatic heterocycles. The molecule has 0 amide bonds. The summed E-state index contributed by atoms with van der Waals surface area (Å²) in [4.78, 5) is 9.37. The molecule has 0 aromatic carbocycles. The molecule has 3 rings (SSSR count). The van der Waals surface area contributed by atoms with Crippen molar-refractivity contribution in [3.05, 3.63) is 11.4 Å². The summed E-state index contributed by atoms with van der Waals surface area (Å²) < 4.78 is 0. The third-order valence-corrected chi connectivity index (χ3v) is 3.76. The minimum atomic E-state index is 0.136. The predicted molar refractivity (Wildman–Crippen MR) is 68.7 cm³/mol. The molecule has 5 heteroatoms. The van der Waals surface area contributed by atoms with Gasteiger partial charge in [-0.25, -0.2) is 0 Å². The van der Waals surface area contributed by atoms with Gasteiger partial charge in [-0.1, -0.05) is 0 Å². The number of rotatable bonds is 1. The van der Waals surface area contributed by atoms with Gasteiger partial charge in [-0.2, -0.15) is 0 Å². The molecule has 1 atom stereocenters. The molecule has 5 nitrogen and oxygen atoms in total. The zero-order valence-electron chi connectivity index (χ0n) is 10.4. The fourth-order valence-electron chi connectivity index (χ4n) is 2.74. The molecule has 0 aliphatic carbocycles. The molecule has 3 aliphatic rings. The maximum Gasteiger partial charge on any atom is 0.177 e. The largest absolute Gasteiger partial charge is 0.361 e. The lowest BCUT2D eigenvalue weighted by atomic mass is 10.1. The van der Waals surface area contributed by atoms with Crippen molar-refractivity contribution in [2.45, 2.75) is 19.1 Å². The zero-order chi connectivity index (χ0) is 11.7. The molecule has 0 radical (unpaired) electrons. The lowest BCUT2D eigenvalue weighted by molar-refractivity contribution is 0.145. The van der Waals surface area contributed by atoms with Crippen molar-refractivity contribution in [1.29, 1.82) is 0 Å². The van der Waals surface area contributed by atoms with Gasteiger partial charge >= 0.3 is 0 Å². The van der Waals surface area contributed by atoms with E-state index in [-0.39, 0.29) is 6.29 Å². The number of piperazine rings is 1. The van der Waals surface area contributed by atoms with Crippen LogP contribution in [0.1, 0.15) is 12.8 Å². The first-order chi connectivity index (χ1) is 8.34. The zero-order valence-corrected chi connectivity index (χ0v) is 10.4. The van der Waals surface area contributed by atoms with Gasteiger partial charge in [0.25, 0.3) is 0 Å². The third-order valence-electron chi connectivity index (χ3n) is 3.76. The van der Waals surface area contributed by atoms with Gasteiger partial charge in [-0.3, -0.25) is 9.89 Å². The molecule has 0 bridgehead atoms. The van der Waals surface area contributed by atoms with Crippen molar-refractivity contribution in [3.8, 4) is 0 Å². The summed E-state index contributed by atoms with van der Waals surface area (Å²) in [7, 11) is 2.16. The van der Waals surface area contributed by atoms with Gasteiger partial charge in [0.05, 0.1) is 0 Å². The Labute approximate surface area is 103 Å². The van der Waals surface area contributed by atoms with E-state index in [1.165, 1.54) is 17.8 Å². The number of aliphatic imine (C=N–C) groups is 1. The van der Waals surface area contributed by atoms with E-state index in [2.05, 4.69) is 38.7 Å². The second-order valence-electron chi connectivity index (χ2n) is 4.98. The van der Waals surface area contributed by atoms with Crippen LogP contribution in [0.4, 0.5) is 0 Å². The summed E-state index contributed by atoms with van der Waals surface area (Å²) in [6.45, 7) is 5.42. The van der Waals surface area contributed by atoms with Crippen LogP contribution in [0.2, 0.25) is 0 Å². The van der Waals surface area contributed by atoms with E-state index in [1.54, 1.807) is 0 Å². The van der Waals surface area contributed by atoms with Crippen molar-refractivity contribution >= 4 is 6.21 Å². The first-order valence-corrected chi connectivity index (χ1v) is 6.53. The Morgan fingerprint density at radius 1 is 1.29 bits per heavy atom. The monoisotopic (exact) mass is 235 g/mol. The van der Waals surface area contributed by atoms with E-state index in [0.29, 0.717) is 0 Å². The lowest BCUT2D eigenvalue weighted by Crippen LogP contribution is -2.55. The van der Waals surface area contributed by atoms with Crippen molar-refractivity contribution in [3.63, 3.8) is 0 Å². The summed E-state index contributed by atoms with van der Waals surface area (Å²) in [5, 5.41) is 6.96. The van der Waals surface area contributed by atoms with Gasteiger partial charge in [0.1, 0.15) is 5.82 Å². The second kappa shape index (κ2) is 4.66. The third kappa shape index (κ3) is 2.17. The molecule has 0 saturated carbocycles. The highest BCUT2D eigenvalue weighted by atomic mass is 15.4. The quantitative estimate of drug-likeness (QED) is 0.660. The lowest BCUT2D eigenvalue weighted by Gasteiger charge is -2.39. The standard InChI is InChI=1S/C12H21N5/c1-16-6-2-3-10-9-14-12(15-11(10)16)17-7-4-13-5-8-17/h9,12-13,15H,2-8H2,1H3. The van der Waals surface area contributed by atoms with Gasteiger partial charge in [-0.05, 0) is 12.8 Å². The topological polar surface area (TPSA) is 42.9 Å². The molecule has 2 N–H and O–H groups in total. The maximum absolute atomic E-state index is 4.65. The van der Waals surface area contributed by atoms with Crippen LogP contribution < -0.4 is 10.6 Å². The van der Waals surface area contributed by atoms with Crippen molar-refractivity contribution in [2.75, 3.05) is 39.8 Å². The number of hydrogen-bond donors (Lipinski definition) is 2. The van der Waals surface area contributed by atoms with Crippen LogP contribution in [0, 0.1) is 0 Å². The SMILES string of the molecule is CN1CCCC2=C1NC(N1CCNCC1)N=C2. The normalized spacial score (nSPS) is 30.2. The molecule has 94 valence electrons. The number of hydrogen-bond acceptors (Lipinski definition) is 5. The van der Waals surface area contributed by atoms with Crippen LogP contribution in [-0.2, 0) is 0 Å². The molecule has 0 aromatic heterocycles. The van der Waals surface area contributed by atoms with Crippen molar-refractivity contribution in [2.24, 2.45) is 4.99 Å². The van der Waals surface area contributed by atoms with E-state index >= 15 is 0 Å². The number of nitrogens with one attached hydrogen (secondary N) is 2. The van der Waals surface area contributed by atoms with Crippen molar-refractivity contribution in [1.82, 2.24) is 20.4 Å². The highest BCUT2D eigenvalue weighted by Gasteiger charge is 2.26. The predicted octanol–water partition coefficient (Wildman–Crippen LogP) is -0.214. The van der Waals surface area contributed by atoms with Crippen LogP contribution in [0.3, 0.4) is 0 Å². The number of nitrogens with zero attached hydrogens (tertiary/aromatic N) is 3. The first kappa shape index (κ1) is 11.0. The highest BCUT2D eigenvalue weighted by Crippen LogP contribution is 2.21. The van der Waals surface area contributed by atoms with E-state index in [9.17, 15) is 0 Å². The summed E-state index contributed by atoms with van der Waals surface area (Å²) >= 11 is 0. The molecule has 1 fully saturated rings. The molecule has 1 unspecified atom stereocenters. The average Bonchev–Trinajstić information content (AvgIpc) is 2.40. The van der Waals surface area contributed by atoms with Crippen LogP contribution in [0.15, 0.2) is 16.4 Å². The van der Waals surface area contributed by atoms with Gasteiger partial charge in [0, 0.05) is 51.6 Å². The smallest absolute Gasteiger partial charge is 0.177 e. The van der Waals surface area contributed by atoms with Gasteiger partial charge < -0.3 is 15.5 Å². The number of allylic oxidation sites excluding steroid dienone is 1. The van der Waals surface area contributed by atoms with E-state index in [0.717, 1.165) is 39.1 Å². The maximum atomic E-state index is 4.65. The summed E-state index contributed by atoms with van der Waals surface area (Å²) in [6.07, 6.45) is 4.61. The molecule has 17 heavy (non-hydrogen) atoms. The first-order valence-electron chi connectivity index (χ1n) is 6.53. The molecule has 3 heterocycles. The fourth-order valence-corrected chi connectivity index (χ4v) is 2.74. The van der Waals surface area contributed by atoms with E-state index in [1.807, 2.05) is 0 Å². The Morgan fingerprint density at radius 2 is 2.12 bits per heavy atom. The molecular weight excluding hydrogens is 214 g/mol.